The summed E-state index contributed by atoms with van der Waals surface area (Å²) < 4.78 is 35.7. The normalized spacial score (nSPS) is 11.4. The van der Waals surface area contributed by atoms with Gasteiger partial charge >= 0.3 is 5.97 Å². The Morgan fingerprint density at radius 2 is 1.68 bits per heavy atom. The maximum Gasteiger partial charge on any atom is 0.339 e. The van der Waals surface area contributed by atoms with Gasteiger partial charge in [-0.2, -0.15) is 0 Å². The maximum absolute atomic E-state index is 12.4. The first kappa shape index (κ1) is 21.6. The van der Waals surface area contributed by atoms with E-state index in [1.54, 1.807) is 12.1 Å². The highest BCUT2D eigenvalue weighted by Crippen LogP contribution is 2.23. The Morgan fingerprint density at radius 3 is 2.29 bits per heavy atom. The summed E-state index contributed by atoms with van der Waals surface area (Å²) in [7, 11) is -3.40. The maximum atomic E-state index is 12.4. The molecule has 0 aliphatic carbocycles. The number of hydrogen-bond donors (Lipinski definition) is 2. The third-order valence-electron chi connectivity index (χ3n) is 3.83. The first-order chi connectivity index (χ1) is 13.2. The summed E-state index contributed by atoms with van der Waals surface area (Å²) in [5, 5.41) is 18.4. The molecule has 0 bridgehead atoms. The topological polar surface area (TPSA) is 110 Å². The van der Waals surface area contributed by atoms with Gasteiger partial charge in [0, 0.05) is 0 Å². The predicted octanol–water partition coefficient (Wildman–Crippen LogP) is 3.51. The van der Waals surface area contributed by atoms with Gasteiger partial charge in [0.25, 0.3) is 0 Å². The zero-order chi connectivity index (χ0) is 20.7. The van der Waals surface area contributed by atoms with E-state index in [9.17, 15) is 18.3 Å². The summed E-state index contributed by atoms with van der Waals surface area (Å²) in [5.74, 6) is -0.679. The van der Waals surface area contributed by atoms with Crippen molar-refractivity contribution < 1.29 is 32.9 Å². The van der Waals surface area contributed by atoms with Gasteiger partial charge in [-0.15, -0.1) is 0 Å². The minimum absolute atomic E-state index is 0.0163. The van der Waals surface area contributed by atoms with Crippen LogP contribution >= 0.6 is 0 Å². The van der Waals surface area contributed by atoms with E-state index in [-0.39, 0.29) is 34.7 Å². The number of carbonyl (C=O) groups is 1. The number of aromatic hydroxyl groups is 1. The van der Waals surface area contributed by atoms with Gasteiger partial charge in [-0.25, -0.2) is 13.2 Å². The summed E-state index contributed by atoms with van der Waals surface area (Å²) >= 11 is 0. The van der Waals surface area contributed by atoms with Crippen LogP contribution in [0.5, 0.6) is 17.2 Å². The standard InChI is InChI=1S/C20H24O7S/c1-14(2)27-15-5-8-17(9-6-15)28(24,25)12-4-3-11-26-16-7-10-19(21)18(13-16)20(22)23/h5-10,13-14,21H,3-4,11-12H2,1-2H3,(H,22,23). The first-order valence-corrected chi connectivity index (χ1v) is 10.5. The SMILES string of the molecule is CC(C)Oc1ccc(S(=O)(=O)CCCCOc2ccc(O)c(C(=O)O)c2)cc1. The largest absolute Gasteiger partial charge is 0.507 e. The van der Waals surface area contributed by atoms with Gasteiger partial charge < -0.3 is 19.7 Å². The molecule has 0 atom stereocenters. The van der Waals surface area contributed by atoms with Crippen LogP contribution < -0.4 is 9.47 Å². The molecule has 0 saturated heterocycles. The van der Waals surface area contributed by atoms with Gasteiger partial charge in [-0.3, -0.25) is 0 Å². The smallest absolute Gasteiger partial charge is 0.339 e. The molecule has 0 amide bonds. The molecule has 2 aromatic carbocycles. The Labute approximate surface area is 164 Å². The summed E-state index contributed by atoms with van der Waals surface area (Å²) in [4.78, 5) is 11.2. The number of carboxylic acids is 1. The van der Waals surface area contributed by atoms with E-state index < -0.39 is 15.8 Å². The van der Waals surface area contributed by atoms with Crippen molar-refractivity contribution in [3.8, 4) is 17.2 Å². The number of rotatable bonds is 10. The van der Waals surface area contributed by atoms with Gasteiger partial charge in [0.1, 0.15) is 22.8 Å². The van der Waals surface area contributed by atoms with Crippen LogP contribution in [-0.2, 0) is 9.84 Å². The van der Waals surface area contributed by atoms with E-state index in [1.165, 1.54) is 30.3 Å². The van der Waals surface area contributed by atoms with E-state index in [0.717, 1.165) is 0 Å². The average Bonchev–Trinajstić information content (AvgIpc) is 2.62. The highest BCUT2D eigenvalue weighted by molar-refractivity contribution is 7.91. The molecule has 0 aliphatic heterocycles. The Kier molecular flexibility index (Phi) is 7.28. The lowest BCUT2D eigenvalue weighted by Crippen LogP contribution is -2.09. The van der Waals surface area contributed by atoms with Gasteiger partial charge in [0.2, 0.25) is 0 Å². The zero-order valence-electron chi connectivity index (χ0n) is 15.8. The molecule has 2 rings (SSSR count). The van der Waals surface area contributed by atoms with Crippen molar-refractivity contribution in [2.75, 3.05) is 12.4 Å². The summed E-state index contributed by atoms with van der Waals surface area (Å²) in [6.07, 6.45) is 0.899. The Balaban J connectivity index is 1.82. The number of unbranched alkanes of at least 4 members (excludes halogenated alkanes) is 1. The van der Waals surface area contributed by atoms with Crippen molar-refractivity contribution in [1.82, 2.24) is 0 Å². The van der Waals surface area contributed by atoms with Crippen LogP contribution in [0, 0.1) is 0 Å². The highest BCUT2D eigenvalue weighted by atomic mass is 32.2. The Hall–Kier alpha value is -2.74. The van der Waals surface area contributed by atoms with Crippen LogP contribution in [0.15, 0.2) is 47.4 Å². The fourth-order valence-electron chi connectivity index (χ4n) is 2.48. The number of sulfone groups is 1. The van der Waals surface area contributed by atoms with Crippen molar-refractivity contribution in [2.45, 2.75) is 37.7 Å². The molecule has 0 aromatic heterocycles. The lowest BCUT2D eigenvalue weighted by atomic mass is 10.2. The molecule has 28 heavy (non-hydrogen) atoms. The molecule has 0 aliphatic rings. The highest BCUT2D eigenvalue weighted by Gasteiger charge is 2.15. The minimum Gasteiger partial charge on any atom is -0.507 e. The Morgan fingerprint density at radius 1 is 1.04 bits per heavy atom. The van der Waals surface area contributed by atoms with Gasteiger partial charge in [0.15, 0.2) is 9.84 Å². The second-order valence-electron chi connectivity index (χ2n) is 6.50. The molecular weight excluding hydrogens is 384 g/mol. The van der Waals surface area contributed by atoms with E-state index in [1.807, 2.05) is 13.8 Å². The van der Waals surface area contributed by atoms with Crippen molar-refractivity contribution in [3.63, 3.8) is 0 Å². The van der Waals surface area contributed by atoms with Crippen molar-refractivity contribution in [1.29, 1.82) is 0 Å². The molecule has 0 saturated carbocycles. The molecule has 0 spiro atoms. The van der Waals surface area contributed by atoms with Gasteiger partial charge in [0.05, 0.1) is 23.4 Å². The molecule has 8 heteroatoms. The number of hydrogen-bond acceptors (Lipinski definition) is 6. The van der Waals surface area contributed by atoms with Crippen LogP contribution in [0.4, 0.5) is 0 Å². The van der Waals surface area contributed by atoms with E-state index in [4.69, 9.17) is 14.6 Å². The van der Waals surface area contributed by atoms with E-state index >= 15 is 0 Å². The van der Waals surface area contributed by atoms with Gasteiger partial charge in [-0.1, -0.05) is 0 Å². The number of carboxylic acid groups (broad SMARTS) is 1. The summed E-state index contributed by atoms with van der Waals surface area (Å²) in [5.41, 5.74) is -0.245. The third kappa shape index (κ3) is 6.16. The van der Waals surface area contributed by atoms with Crippen LogP contribution in [0.1, 0.15) is 37.0 Å². The molecule has 0 fully saturated rings. The third-order valence-corrected chi connectivity index (χ3v) is 5.65. The zero-order valence-corrected chi connectivity index (χ0v) is 16.6. The van der Waals surface area contributed by atoms with Crippen molar-refractivity contribution in [3.05, 3.63) is 48.0 Å². The molecule has 0 heterocycles. The van der Waals surface area contributed by atoms with Crippen LogP contribution in [0.2, 0.25) is 0 Å². The fourth-order valence-corrected chi connectivity index (χ4v) is 3.85. The van der Waals surface area contributed by atoms with Crippen molar-refractivity contribution >= 4 is 15.8 Å². The molecule has 0 radical (unpaired) electrons. The number of benzene rings is 2. The summed E-state index contributed by atoms with van der Waals surface area (Å²) in [6.45, 7) is 4.03. The van der Waals surface area contributed by atoms with Crippen LogP contribution in [-0.4, -0.2) is 43.1 Å². The van der Waals surface area contributed by atoms with E-state index in [2.05, 4.69) is 0 Å². The number of aromatic carboxylic acids is 1. The first-order valence-electron chi connectivity index (χ1n) is 8.87. The average molecular weight is 408 g/mol. The fraction of sp³-hybridized carbons (Fsp3) is 0.350. The lowest BCUT2D eigenvalue weighted by Gasteiger charge is -2.11. The second-order valence-corrected chi connectivity index (χ2v) is 8.61. The predicted molar refractivity (Wildman–Crippen MR) is 104 cm³/mol. The molecule has 7 nitrogen and oxygen atoms in total. The monoisotopic (exact) mass is 408 g/mol. The molecule has 2 N–H and O–H groups in total. The van der Waals surface area contributed by atoms with Crippen molar-refractivity contribution in [2.24, 2.45) is 0 Å². The minimum atomic E-state index is -3.40. The van der Waals surface area contributed by atoms with E-state index in [0.29, 0.717) is 24.3 Å². The molecule has 2 aromatic rings. The number of phenols is 1. The summed E-state index contributed by atoms with van der Waals surface area (Å²) in [6, 6.07) is 10.3. The Bertz CT molecular complexity index is 903. The molecule has 0 unspecified atom stereocenters. The molecule has 152 valence electrons. The molecular formula is C20H24O7S. The second kappa shape index (κ2) is 9.45. The quantitative estimate of drug-likeness (QED) is 0.579. The van der Waals surface area contributed by atoms with Gasteiger partial charge in [-0.05, 0) is 69.2 Å². The van der Waals surface area contributed by atoms with Crippen LogP contribution in [0.3, 0.4) is 0 Å². The van der Waals surface area contributed by atoms with Crippen LogP contribution in [0.25, 0.3) is 0 Å². The lowest BCUT2D eigenvalue weighted by molar-refractivity contribution is 0.0693. The number of ether oxygens (including phenoxy) is 2.